The third-order valence-electron chi connectivity index (χ3n) is 2.75. The van der Waals surface area contributed by atoms with Crippen molar-refractivity contribution in [3.63, 3.8) is 0 Å². The molecular formula is C13H23N3O2. The van der Waals surface area contributed by atoms with Gasteiger partial charge in [-0.15, -0.1) is 0 Å². The molecule has 1 aromatic rings. The summed E-state index contributed by atoms with van der Waals surface area (Å²) in [6.45, 7) is 4.86. The fourth-order valence-corrected chi connectivity index (χ4v) is 1.63. The third-order valence-corrected chi connectivity index (χ3v) is 2.75. The van der Waals surface area contributed by atoms with Crippen molar-refractivity contribution >= 4 is 5.82 Å². The molecule has 0 bridgehead atoms. The van der Waals surface area contributed by atoms with Gasteiger partial charge >= 0.3 is 0 Å². The Morgan fingerprint density at radius 1 is 1.28 bits per heavy atom. The van der Waals surface area contributed by atoms with Crippen molar-refractivity contribution in [2.45, 2.75) is 13.0 Å². The molecule has 0 aromatic carbocycles. The van der Waals surface area contributed by atoms with Crippen LogP contribution < -0.4 is 10.6 Å². The quantitative estimate of drug-likeness (QED) is 0.754. The Balaban J connectivity index is 2.78. The highest BCUT2D eigenvalue weighted by molar-refractivity contribution is 5.41. The van der Waals surface area contributed by atoms with Gasteiger partial charge in [0, 0.05) is 39.5 Å². The second-order valence-corrected chi connectivity index (χ2v) is 4.21. The molecule has 1 heterocycles. The highest BCUT2D eigenvalue weighted by Crippen LogP contribution is 2.16. The lowest BCUT2D eigenvalue weighted by molar-refractivity contribution is 0.190. The molecule has 1 atom stereocenters. The van der Waals surface area contributed by atoms with Crippen LogP contribution in [-0.2, 0) is 9.47 Å². The first-order chi connectivity index (χ1) is 8.69. The number of hydrogen-bond donors (Lipinski definition) is 1. The maximum absolute atomic E-state index is 5.89. The summed E-state index contributed by atoms with van der Waals surface area (Å²) in [7, 11) is 3.39. The van der Waals surface area contributed by atoms with Crippen molar-refractivity contribution in [3.8, 4) is 0 Å². The Morgan fingerprint density at radius 3 is 2.39 bits per heavy atom. The van der Waals surface area contributed by atoms with Gasteiger partial charge in [-0.05, 0) is 24.6 Å². The lowest BCUT2D eigenvalue weighted by Crippen LogP contribution is -2.31. The zero-order chi connectivity index (χ0) is 13.4. The molecule has 5 heteroatoms. The minimum Gasteiger partial charge on any atom is -0.383 e. The fraction of sp³-hybridized carbons (Fsp3) is 0.615. The molecule has 0 aliphatic heterocycles. The maximum atomic E-state index is 5.89. The Hall–Kier alpha value is -1.17. The van der Waals surface area contributed by atoms with Crippen molar-refractivity contribution in [2.75, 3.05) is 45.4 Å². The first-order valence-corrected chi connectivity index (χ1v) is 6.13. The number of nitrogens with zero attached hydrogens (tertiary/aromatic N) is 2. The van der Waals surface area contributed by atoms with Crippen LogP contribution >= 0.6 is 0 Å². The van der Waals surface area contributed by atoms with Crippen LogP contribution in [0, 0.1) is 0 Å². The summed E-state index contributed by atoms with van der Waals surface area (Å²) >= 11 is 0. The summed E-state index contributed by atoms with van der Waals surface area (Å²) in [5.41, 5.74) is 6.97. The highest BCUT2D eigenvalue weighted by atomic mass is 16.5. The van der Waals surface area contributed by atoms with Crippen LogP contribution in [0.3, 0.4) is 0 Å². The molecule has 18 heavy (non-hydrogen) atoms. The summed E-state index contributed by atoms with van der Waals surface area (Å²) in [5, 5.41) is 0. The topological polar surface area (TPSA) is 60.6 Å². The lowest BCUT2D eigenvalue weighted by Gasteiger charge is -2.23. The smallest absolute Gasteiger partial charge is 0.128 e. The standard InChI is InChI=1S/C13H23N3O2/c1-11(14)12-4-5-15-13(10-12)16(6-8-17-2)7-9-18-3/h4-5,10-11H,6-9,14H2,1-3H3. The van der Waals surface area contributed by atoms with E-state index in [1.807, 2.05) is 19.1 Å². The fourth-order valence-electron chi connectivity index (χ4n) is 1.63. The number of ether oxygens (including phenoxy) is 2. The van der Waals surface area contributed by atoms with Crippen molar-refractivity contribution in [3.05, 3.63) is 23.9 Å². The van der Waals surface area contributed by atoms with E-state index in [-0.39, 0.29) is 6.04 Å². The van der Waals surface area contributed by atoms with E-state index in [0.29, 0.717) is 13.2 Å². The first-order valence-electron chi connectivity index (χ1n) is 6.13. The van der Waals surface area contributed by atoms with Gasteiger partial charge < -0.3 is 20.1 Å². The molecule has 0 saturated carbocycles. The predicted octanol–water partition coefficient (Wildman–Crippen LogP) is 1.20. The number of aromatic nitrogens is 1. The average Bonchev–Trinajstić information content (AvgIpc) is 2.39. The molecule has 0 aliphatic carbocycles. The van der Waals surface area contributed by atoms with E-state index in [1.165, 1.54) is 0 Å². The number of rotatable bonds is 8. The van der Waals surface area contributed by atoms with Gasteiger partial charge in [0.25, 0.3) is 0 Å². The Bertz CT molecular complexity index is 337. The van der Waals surface area contributed by atoms with Crippen molar-refractivity contribution in [2.24, 2.45) is 5.73 Å². The Morgan fingerprint density at radius 2 is 1.89 bits per heavy atom. The van der Waals surface area contributed by atoms with Crippen LogP contribution in [0.5, 0.6) is 0 Å². The van der Waals surface area contributed by atoms with Crippen molar-refractivity contribution < 1.29 is 9.47 Å². The number of hydrogen-bond acceptors (Lipinski definition) is 5. The Labute approximate surface area is 109 Å². The summed E-state index contributed by atoms with van der Waals surface area (Å²) in [4.78, 5) is 6.52. The molecule has 1 unspecified atom stereocenters. The minimum absolute atomic E-state index is 0.0125. The summed E-state index contributed by atoms with van der Waals surface area (Å²) in [6, 6.07) is 3.98. The van der Waals surface area contributed by atoms with E-state index in [4.69, 9.17) is 15.2 Å². The molecule has 0 saturated heterocycles. The second-order valence-electron chi connectivity index (χ2n) is 4.21. The van der Waals surface area contributed by atoms with Crippen LogP contribution in [-0.4, -0.2) is 45.5 Å². The van der Waals surface area contributed by atoms with E-state index >= 15 is 0 Å². The van der Waals surface area contributed by atoms with Crippen LogP contribution in [0.4, 0.5) is 5.82 Å². The molecule has 0 spiro atoms. The van der Waals surface area contributed by atoms with E-state index in [1.54, 1.807) is 20.4 Å². The van der Waals surface area contributed by atoms with Crippen LogP contribution in [0.2, 0.25) is 0 Å². The van der Waals surface area contributed by atoms with Gasteiger partial charge in [-0.25, -0.2) is 4.98 Å². The second kappa shape index (κ2) is 8.02. The molecule has 5 nitrogen and oxygen atoms in total. The van der Waals surface area contributed by atoms with Crippen molar-refractivity contribution in [1.29, 1.82) is 0 Å². The summed E-state index contributed by atoms with van der Waals surface area (Å²) in [5.74, 6) is 0.916. The minimum atomic E-state index is 0.0125. The van der Waals surface area contributed by atoms with Gasteiger partial charge in [0.05, 0.1) is 13.2 Å². The van der Waals surface area contributed by atoms with E-state index in [0.717, 1.165) is 24.5 Å². The molecule has 0 radical (unpaired) electrons. The Kier molecular flexibility index (Phi) is 6.64. The molecule has 102 valence electrons. The first kappa shape index (κ1) is 14.9. The normalized spacial score (nSPS) is 12.4. The average molecular weight is 253 g/mol. The SMILES string of the molecule is COCCN(CCOC)c1cc(C(C)N)ccn1. The molecule has 2 N–H and O–H groups in total. The number of nitrogens with two attached hydrogens (primary N) is 1. The molecule has 1 aromatic heterocycles. The highest BCUT2D eigenvalue weighted by Gasteiger charge is 2.09. The molecule has 0 amide bonds. The van der Waals surface area contributed by atoms with Gasteiger partial charge in [0.1, 0.15) is 5.82 Å². The maximum Gasteiger partial charge on any atom is 0.128 e. The number of methoxy groups -OCH3 is 2. The molecule has 0 aliphatic rings. The van der Waals surface area contributed by atoms with Crippen LogP contribution in [0.15, 0.2) is 18.3 Å². The number of anilines is 1. The zero-order valence-electron chi connectivity index (χ0n) is 11.4. The van der Waals surface area contributed by atoms with E-state index < -0.39 is 0 Å². The molecule has 1 rings (SSSR count). The monoisotopic (exact) mass is 253 g/mol. The van der Waals surface area contributed by atoms with Crippen LogP contribution in [0.25, 0.3) is 0 Å². The van der Waals surface area contributed by atoms with Gasteiger partial charge in [-0.3, -0.25) is 0 Å². The van der Waals surface area contributed by atoms with Gasteiger partial charge in [0.15, 0.2) is 0 Å². The van der Waals surface area contributed by atoms with E-state index in [2.05, 4.69) is 9.88 Å². The lowest BCUT2D eigenvalue weighted by atomic mass is 10.1. The number of pyridine rings is 1. The van der Waals surface area contributed by atoms with Gasteiger partial charge in [-0.2, -0.15) is 0 Å². The van der Waals surface area contributed by atoms with Gasteiger partial charge in [0.2, 0.25) is 0 Å². The molecule has 0 fully saturated rings. The van der Waals surface area contributed by atoms with Gasteiger partial charge in [-0.1, -0.05) is 0 Å². The largest absolute Gasteiger partial charge is 0.383 e. The summed E-state index contributed by atoms with van der Waals surface area (Å²) < 4.78 is 10.2. The zero-order valence-corrected chi connectivity index (χ0v) is 11.4. The predicted molar refractivity (Wildman–Crippen MR) is 72.8 cm³/mol. The third kappa shape index (κ3) is 4.60. The summed E-state index contributed by atoms with van der Waals surface area (Å²) in [6.07, 6.45) is 1.79. The molecular weight excluding hydrogens is 230 g/mol. The van der Waals surface area contributed by atoms with Crippen molar-refractivity contribution in [1.82, 2.24) is 4.98 Å². The van der Waals surface area contributed by atoms with Crippen LogP contribution in [0.1, 0.15) is 18.5 Å². The van der Waals surface area contributed by atoms with E-state index in [9.17, 15) is 0 Å².